The van der Waals surface area contributed by atoms with Crippen molar-refractivity contribution in [2.75, 3.05) is 0 Å². The van der Waals surface area contributed by atoms with Crippen molar-refractivity contribution in [1.82, 2.24) is 0 Å². The summed E-state index contributed by atoms with van der Waals surface area (Å²) in [5.41, 5.74) is 0. The van der Waals surface area contributed by atoms with Crippen LogP contribution in [0.15, 0.2) is 0 Å². The Bertz CT molecular complexity index is 86.2. The van der Waals surface area contributed by atoms with E-state index in [1.54, 1.807) is 0 Å². The lowest BCUT2D eigenvalue weighted by Gasteiger charge is -2.05. The van der Waals surface area contributed by atoms with Gasteiger partial charge in [0.2, 0.25) is 0 Å². The first-order valence-corrected chi connectivity index (χ1v) is 5.57. The van der Waals surface area contributed by atoms with Crippen LogP contribution in [0, 0.1) is 17.8 Å². The Labute approximate surface area is 78.8 Å². The van der Waals surface area contributed by atoms with Gasteiger partial charge in [-0.2, -0.15) is 0 Å². The van der Waals surface area contributed by atoms with Crippen LogP contribution in [0.1, 0.15) is 60.3 Å². The summed E-state index contributed by atoms with van der Waals surface area (Å²) >= 11 is 0. The summed E-state index contributed by atoms with van der Waals surface area (Å²) in [7, 11) is 0. The summed E-state index contributed by atoms with van der Waals surface area (Å²) in [5, 5.41) is 0. The first-order chi connectivity index (χ1) is 5.57. The molecule has 0 radical (unpaired) electrons. The molecule has 0 heteroatoms. The molecule has 0 aromatic heterocycles. The zero-order valence-corrected chi connectivity index (χ0v) is 9.56. The zero-order chi connectivity index (χ0) is 9.56. The number of rotatable bonds is 1. The Morgan fingerprint density at radius 3 is 1.50 bits per heavy atom. The summed E-state index contributed by atoms with van der Waals surface area (Å²) in [6.07, 6.45) is 5.73. The van der Waals surface area contributed by atoms with Gasteiger partial charge in [0.05, 0.1) is 0 Å². The van der Waals surface area contributed by atoms with Gasteiger partial charge in [-0.15, -0.1) is 0 Å². The van der Waals surface area contributed by atoms with E-state index >= 15 is 0 Å². The van der Waals surface area contributed by atoms with E-state index in [-0.39, 0.29) is 0 Å². The maximum atomic E-state index is 2.36. The largest absolute Gasteiger partial charge is 0.0651 e. The van der Waals surface area contributed by atoms with Crippen molar-refractivity contribution < 1.29 is 0 Å². The Kier molecular flexibility index (Phi) is 6.51. The van der Waals surface area contributed by atoms with Gasteiger partial charge in [0.25, 0.3) is 0 Å². The monoisotopic (exact) mass is 170 g/mol. The summed E-state index contributed by atoms with van der Waals surface area (Å²) in [5.74, 6) is 2.91. The molecule has 0 amide bonds. The van der Waals surface area contributed by atoms with E-state index in [2.05, 4.69) is 34.6 Å². The number of hydrogen-bond donors (Lipinski definition) is 0. The van der Waals surface area contributed by atoms with Crippen molar-refractivity contribution in [2.45, 2.75) is 60.3 Å². The molecule has 1 aliphatic carbocycles. The fourth-order valence-electron chi connectivity index (χ4n) is 1.33. The second-order valence-corrected chi connectivity index (χ2v) is 4.69. The van der Waals surface area contributed by atoms with Crippen LogP contribution in [-0.2, 0) is 0 Å². The Morgan fingerprint density at radius 2 is 1.42 bits per heavy atom. The smallest absolute Gasteiger partial charge is 0.0417 e. The SMILES string of the molecule is CC1CCCC1C.CCC(C)C. The quantitative estimate of drug-likeness (QED) is 0.543. The molecular weight excluding hydrogens is 144 g/mol. The highest BCUT2D eigenvalue weighted by Gasteiger charge is 2.17. The van der Waals surface area contributed by atoms with Crippen molar-refractivity contribution in [1.29, 1.82) is 0 Å². The highest BCUT2D eigenvalue weighted by molar-refractivity contribution is 4.69. The molecular formula is C12H26. The van der Waals surface area contributed by atoms with Gasteiger partial charge in [-0.05, 0) is 17.8 Å². The topological polar surface area (TPSA) is 0 Å². The average Bonchev–Trinajstić information content (AvgIpc) is 2.37. The zero-order valence-electron chi connectivity index (χ0n) is 9.56. The molecule has 0 nitrogen and oxygen atoms in total. The molecule has 2 atom stereocenters. The predicted octanol–water partition coefficient (Wildman–Crippen LogP) is 4.49. The molecule has 0 N–H and O–H groups in total. The maximum Gasteiger partial charge on any atom is -0.0417 e. The lowest BCUT2D eigenvalue weighted by Crippen LogP contribution is -1.95. The standard InChI is InChI=1S/C7H14.C5H12/c1-6-4-3-5-7(6)2;1-4-5(2)3/h6-7H,3-5H2,1-2H3;5H,4H2,1-3H3. The van der Waals surface area contributed by atoms with Gasteiger partial charge in [0, 0.05) is 0 Å². The molecule has 1 aliphatic rings. The summed E-state index contributed by atoms with van der Waals surface area (Å²) in [6, 6.07) is 0. The molecule has 0 aromatic rings. The first kappa shape index (κ1) is 12.0. The summed E-state index contributed by atoms with van der Waals surface area (Å²) < 4.78 is 0. The third kappa shape index (κ3) is 5.62. The molecule has 1 saturated carbocycles. The van der Waals surface area contributed by atoms with Gasteiger partial charge in [0.15, 0.2) is 0 Å². The third-order valence-corrected chi connectivity index (χ3v) is 3.11. The van der Waals surface area contributed by atoms with Gasteiger partial charge in [0.1, 0.15) is 0 Å². The van der Waals surface area contributed by atoms with Gasteiger partial charge in [-0.25, -0.2) is 0 Å². The van der Waals surface area contributed by atoms with Crippen LogP contribution in [0.4, 0.5) is 0 Å². The van der Waals surface area contributed by atoms with Crippen molar-refractivity contribution in [3.8, 4) is 0 Å². The van der Waals surface area contributed by atoms with E-state index in [1.165, 1.54) is 25.7 Å². The molecule has 74 valence electrons. The van der Waals surface area contributed by atoms with E-state index in [0.29, 0.717) is 0 Å². The molecule has 2 unspecified atom stereocenters. The van der Waals surface area contributed by atoms with Crippen molar-refractivity contribution in [3.05, 3.63) is 0 Å². The second kappa shape index (κ2) is 6.51. The molecule has 1 fully saturated rings. The molecule has 0 aromatic carbocycles. The summed E-state index contributed by atoms with van der Waals surface area (Å²) in [6.45, 7) is 11.4. The molecule has 0 aliphatic heterocycles. The second-order valence-electron chi connectivity index (χ2n) is 4.69. The fraction of sp³-hybridized carbons (Fsp3) is 1.00. The van der Waals surface area contributed by atoms with Gasteiger partial charge >= 0.3 is 0 Å². The van der Waals surface area contributed by atoms with Crippen LogP contribution in [0.25, 0.3) is 0 Å². The Balaban J connectivity index is 0.000000217. The van der Waals surface area contributed by atoms with E-state index in [9.17, 15) is 0 Å². The van der Waals surface area contributed by atoms with E-state index < -0.39 is 0 Å². The molecule has 0 bridgehead atoms. The Morgan fingerprint density at radius 1 is 1.08 bits per heavy atom. The minimum absolute atomic E-state index is 0.884. The minimum atomic E-state index is 0.884. The summed E-state index contributed by atoms with van der Waals surface area (Å²) in [4.78, 5) is 0. The molecule has 0 heterocycles. The van der Waals surface area contributed by atoms with Crippen LogP contribution in [0.5, 0.6) is 0 Å². The van der Waals surface area contributed by atoms with Crippen molar-refractivity contribution >= 4 is 0 Å². The normalized spacial score (nSPS) is 28.5. The minimum Gasteiger partial charge on any atom is -0.0651 e. The van der Waals surface area contributed by atoms with Crippen LogP contribution in [0.2, 0.25) is 0 Å². The van der Waals surface area contributed by atoms with Crippen LogP contribution in [0.3, 0.4) is 0 Å². The lowest BCUT2D eigenvalue weighted by atomic mass is 10.0. The van der Waals surface area contributed by atoms with E-state index in [0.717, 1.165) is 17.8 Å². The van der Waals surface area contributed by atoms with Crippen LogP contribution in [-0.4, -0.2) is 0 Å². The highest BCUT2D eigenvalue weighted by Crippen LogP contribution is 2.29. The average molecular weight is 170 g/mol. The third-order valence-electron chi connectivity index (χ3n) is 3.11. The fourth-order valence-corrected chi connectivity index (χ4v) is 1.33. The maximum absolute atomic E-state index is 2.36. The van der Waals surface area contributed by atoms with Gasteiger partial charge in [-0.3, -0.25) is 0 Å². The number of hydrogen-bond acceptors (Lipinski definition) is 0. The van der Waals surface area contributed by atoms with Crippen LogP contribution >= 0.6 is 0 Å². The van der Waals surface area contributed by atoms with Crippen LogP contribution < -0.4 is 0 Å². The van der Waals surface area contributed by atoms with Gasteiger partial charge < -0.3 is 0 Å². The lowest BCUT2D eigenvalue weighted by molar-refractivity contribution is 0.457. The Hall–Kier alpha value is 0. The van der Waals surface area contributed by atoms with Crippen molar-refractivity contribution in [3.63, 3.8) is 0 Å². The molecule has 12 heavy (non-hydrogen) atoms. The predicted molar refractivity (Wildman–Crippen MR) is 57.3 cm³/mol. The molecule has 1 rings (SSSR count). The van der Waals surface area contributed by atoms with E-state index in [4.69, 9.17) is 0 Å². The first-order valence-electron chi connectivity index (χ1n) is 5.57. The van der Waals surface area contributed by atoms with Gasteiger partial charge in [-0.1, -0.05) is 60.3 Å². The highest BCUT2D eigenvalue weighted by atomic mass is 14.2. The van der Waals surface area contributed by atoms with E-state index in [1.807, 2.05) is 0 Å². The molecule has 0 saturated heterocycles. The van der Waals surface area contributed by atoms with Crippen molar-refractivity contribution in [2.24, 2.45) is 17.8 Å². The molecule has 0 spiro atoms.